The Balaban J connectivity index is 1.38. The van der Waals surface area contributed by atoms with Gasteiger partial charge in [-0.3, -0.25) is 0 Å². The Kier molecular flexibility index (Phi) is 6.48. The molecule has 0 amide bonds. The molecular weight excluding hydrogens is 372 g/mol. The Morgan fingerprint density at radius 1 is 1.00 bits per heavy atom. The Hall–Kier alpha value is -1.86. The third kappa shape index (κ3) is 4.28. The Labute approximate surface area is 181 Å². The van der Waals surface area contributed by atoms with E-state index in [1.54, 1.807) is 0 Å². The number of rotatable bonds is 5. The van der Waals surface area contributed by atoms with Gasteiger partial charge < -0.3 is 14.6 Å². The lowest BCUT2D eigenvalue weighted by Crippen LogP contribution is -2.48. The summed E-state index contributed by atoms with van der Waals surface area (Å²) in [5.41, 5.74) is 0.817. The van der Waals surface area contributed by atoms with Crippen LogP contribution in [0.5, 0.6) is 0 Å². The van der Waals surface area contributed by atoms with Gasteiger partial charge in [0.15, 0.2) is 5.79 Å². The van der Waals surface area contributed by atoms with Crippen LogP contribution in [0, 0.1) is 22.7 Å². The van der Waals surface area contributed by atoms with Gasteiger partial charge in [-0.15, -0.1) is 0 Å². The predicted molar refractivity (Wildman–Crippen MR) is 120 cm³/mol. The molecule has 30 heavy (non-hydrogen) atoms. The summed E-state index contributed by atoms with van der Waals surface area (Å²) >= 11 is 0. The minimum absolute atomic E-state index is 0.0975. The van der Waals surface area contributed by atoms with Crippen molar-refractivity contribution in [1.82, 2.24) is 0 Å². The highest BCUT2D eigenvalue weighted by Crippen LogP contribution is 2.50. The normalized spacial score (nSPS) is 28.3. The number of hydrogen-bond donors (Lipinski definition) is 1. The van der Waals surface area contributed by atoms with Crippen molar-refractivity contribution >= 4 is 0 Å². The van der Waals surface area contributed by atoms with Crippen LogP contribution in [0.3, 0.4) is 0 Å². The van der Waals surface area contributed by atoms with E-state index in [0.717, 1.165) is 44.1 Å². The van der Waals surface area contributed by atoms with Crippen molar-refractivity contribution in [2.45, 2.75) is 70.2 Å². The molecule has 2 unspecified atom stereocenters. The molecule has 1 saturated heterocycles. The molecule has 0 aromatic heterocycles. The second kappa shape index (κ2) is 9.10. The van der Waals surface area contributed by atoms with E-state index in [-0.39, 0.29) is 10.8 Å². The van der Waals surface area contributed by atoms with Crippen LogP contribution in [-0.2, 0) is 9.47 Å². The van der Waals surface area contributed by atoms with Crippen LogP contribution in [0.15, 0.2) is 54.6 Å². The Bertz CT molecular complexity index is 819. The third-order valence-electron chi connectivity index (χ3n) is 7.37. The highest BCUT2D eigenvalue weighted by atomic mass is 16.7. The Morgan fingerprint density at radius 3 is 2.43 bits per heavy atom. The van der Waals surface area contributed by atoms with Crippen LogP contribution in [0.2, 0.25) is 0 Å². The largest absolute Gasteiger partial charge is 0.388 e. The average molecular weight is 407 g/mol. The van der Waals surface area contributed by atoms with Gasteiger partial charge in [-0.1, -0.05) is 74.1 Å². The first-order chi connectivity index (χ1) is 14.6. The number of aliphatic hydroxyl groups excluding tert-OH is 1. The summed E-state index contributed by atoms with van der Waals surface area (Å²) in [6.07, 6.45) is 16.1. The molecule has 4 rings (SSSR count). The number of aliphatic hydroxyl groups is 1. The minimum atomic E-state index is -0.465. The summed E-state index contributed by atoms with van der Waals surface area (Å²) in [5.74, 6) is 6.09. The molecule has 1 heterocycles. The van der Waals surface area contributed by atoms with E-state index >= 15 is 0 Å². The number of ether oxygens (including phenoxy) is 2. The van der Waals surface area contributed by atoms with Gasteiger partial charge in [-0.2, -0.15) is 0 Å². The standard InChI is InChI=1S/C27H34O3/c1-25(16-7-8-20-27(25)29-21-22-30-27)15-6-5-14-24(28)26(18-10-19-26)17-9-13-23-11-3-2-4-12-23/h2-6,11-12,14-15,24,28H,7-8,10,16-22H2,1H3/b14-5+,15-6+. The Morgan fingerprint density at radius 2 is 1.73 bits per heavy atom. The smallest absolute Gasteiger partial charge is 0.177 e. The fraction of sp³-hybridized carbons (Fsp3) is 0.556. The molecule has 2 aliphatic carbocycles. The van der Waals surface area contributed by atoms with Gasteiger partial charge in [0.05, 0.1) is 19.3 Å². The molecule has 1 aromatic rings. The van der Waals surface area contributed by atoms with Crippen molar-refractivity contribution in [2.75, 3.05) is 13.2 Å². The van der Waals surface area contributed by atoms with E-state index < -0.39 is 11.9 Å². The van der Waals surface area contributed by atoms with Gasteiger partial charge in [0.1, 0.15) is 0 Å². The average Bonchev–Trinajstić information content (AvgIpc) is 3.21. The molecule has 3 heteroatoms. The first-order valence-corrected chi connectivity index (χ1v) is 11.4. The number of hydrogen-bond acceptors (Lipinski definition) is 3. The summed E-state index contributed by atoms with van der Waals surface area (Å²) < 4.78 is 12.1. The van der Waals surface area contributed by atoms with Gasteiger partial charge in [0, 0.05) is 29.2 Å². The van der Waals surface area contributed by atoms with Crippen molar-refractivity contribution in [3.63, 3.8) is 0 Å². The van der Waals surface area contributed by atoms with E-state index in [1.807, 2.05) is 42.5 Å². The fourth-order valence-electron chi connectivity index (χ4n) is 5.16. The van der Waals surface area contributed by atoms with E-state index in [0.29, 0.717) is 13.2 Å². The lowest BCUT2D eigenvalue weighted by atomic mass is 9.63. The summed E-state index contributed by atoms with van der Waals surface area (Å²) in [7, 11) is 0. The van der Waals surface area contributed by atoms with Crippen LogP contribution in [0.4, 0.5) is 0 Å². The molecular formula is C27H34O3. The molecule has 1 aliphatic heterocycles. The topological polar surface area (TPSA) is 38.7 Å². The first kappa shape index (κ1) is 21.4. The summed E-state index contributed by atoms with van der Waals surface area (Å²) in [5, 5.41) is 10.9. The third-order valence-corrected chi connectivity index (χ3v) is 7.37. The number of allylic oxidation sites excluding steroid dienone is 2. The van der Waals surface area contributed by atoms with Crippen LogP contribution >= 0.6 is 0 Å². The van der Waals surface area contributed by atoms with E-state index in [9.17, 15) is 5.11 Å². The molecule has 3 aliphatic rings. The molecule has 1 aromatic carbocycles. The zero-order valence-corrected chi connectivity index (χ0v) is 18.1. The van der Waals surface area contributed by atoms with Crippen molar-refractivity contribution in [2.24, 2.45) is 10.8 Å². The molecule has 0 radical (unpaired) electrons. The number of benzene rings is 1. The molecule has 160 valence electrons. The van der Waals surface area contributed by atoms with E-state index in [4.69, 9.17) is 9.47 Å². The summed E-state index contributed by atoms with van der Waals surface area (Å²) in [6.45, 7) is 3.61. The van der Waals surface area contributed by atoms with Gasteiger partial charge >= 0.3 is 0 Å². The lowest BCUT2D eigenvalue weighted by Gasteiger charge is -2.46. The minimum Gasteiger partial charge on any atom is -0.388 e. The van der Waals surface area contributed by atoms with E-state index in [2.05, 4.69) is 30.9 Å². The molecule has 2 saturated carbocycles. The SMILES string of the molecule is CC1(/C=C/C=C/C(O)C2(CC#Cc3ccccc3)CCC2)CCCCC12OCCO2. The monoisotopic (exact) mass is 406 g/mol. The maximum Gasteiger partial charge on any atom is 0.177 e. The van der Waals surface area contributed by atoms with E-state index in [1.165, 1.54) is 12.8 Å². The quantitative estimate of drug-likeness (QED) is 0.526. The highest BCUT2D eigenvalue weighted by Gasteiger charge is 2.52. The van der Waals surface area contributed by atoms with Gasteiger partial charge in [-0.05, 0) is 37.8 Å². The maximum absolute atomic E-state index is 10.9. The highest BCUT2D eigenvalue weighted by molar-refractivity contribution is 5.34. The molecule has 0 bridgehead atoms. The molecule has 3 fully saturated rings. The first-order valence-electron chi connectivity index (χ1n) is 11.4. The zero-order valence-electron chi connectivity index (χ0n) is 18.1. The van der Waals surface area contributed by atoms with Gasteiger partial charge in [-0.25, -0.2) is 0 Å². The van der Waals surface area contributed by atoms with Crippen molar-refractivity contribution in [1.29, 1.82) is 0 Å². The van der Waals surface area contributed by atoms with Crippen LogP contribution in [0.1, 0.15) is 63.9 Å². The van der Waals surface area contributed by atoms with Crippen molar-refractivity contribution in [3.05, 3.63) is 60.2 Å². The lowest BCUT2D eigenvalue weighted by molar-refractivity contribution is -0.235. The van der Waals surface area contributed by atoms with Crippen LogP contribution in [-0.4, -0.2) is 30.2 Å². The molecule has 1 spiro atoms. The second-order valence-corrected chi connectivity index (χ2v) is 9.32. The van der Waals surface area contributed by atoms with Gasteiger partial charge in [0.25, 0.3) is 0 Å². The molecule has 2 atom stereocenters. The summed E-state index contributed by atoms with van der Waals surface area (Å²) in [4.78, 5) is 0. The van der Waals surface area contributed by atoms with Crippen LogP contribution < -0.4 is 0 Å². The van der Waals surface area contributed by atoms with Crippen molar-refractivity contribution in [3.8, 4) is 11.8 Å². The summed E-state index contributed by atoms with van der Waals surface area (Å²) in [6, 6.07) is 10.1. The van der Waals surface area contributed by atoms with Crippen LogP contribution in [0.25, 0.3) is 0 Å². The molecule has 3 nitrogen and oxygen atoms in total. The zero-order chi connectivity index (χ0) is 20.9. The van der Waals surface area contributed by atoms with Gasteiger partial charge in [0.2, 0.25) is 0 Å². The second-order valence-electron chi connectivity index (χ2n) is 9.32. The molecule has 1 N–H and O–H groups in total. The predicted octanol–water partition coefficient (Wildman–Crippen LogP) is 5.40. The fourth-order valence-corrected chi connectivity index (χ4v) is 5.16. The van der Waals surface area contributed by atoms with Crippen molar-refractivity contribution < 1.29 is 14.6 Å². The maximum atomic E-state index is 10.9.